The largest absolute Gasteiger partial charge is 0.463 e. The minimum Gasteiger partial charge on any atom is -0.463 e. The van der Waals surface area contributed by atoms with Gasteiger partial charge < -0.3 is 4.42 Å². The molecule has 1 heterocycles. The first kappa shape index (κ1) is 9.69. The second-order valence-corrected chi connectivity index (χ2v) is 2.67. The van der Waals surface area contributed by atoms with Gasteiger partial charge in [-0.15, -0.1) is 0 Å². The minimum atomic E-state index is 0.255. The Labute approximate surface area is 81.0 Å². The van der Waals surface area contributed by atoms with Crippen LogP contribution in [0.4, 0.5) is 0 Å². The van der Waals surface area contributed by atoms with Gasteiger partial charge in [-0.3, -0.25) is 10.9 Å². The lowest BCUT2D eigenvalue weighted by atomic mass is 10.3. The third kappa shape index (κ3) is 2.85. The predicted molar refractivity (Wildman–Crippen MR) is 54.0 cm³/mol. The van der Waals surface area contributed by atoms with Crippen LogP contribution < -0.4 is 16.7 Å². The lowest BCUT2D eigenvalue weighted by molar-refractivity contribution is 0.556. The fraction of sp³-hybridized carbons (Fsp3) is 0.143. The molecule has 0 bridgehead atoms. The molecule has 0 unspecified atom stereocenters. The van der Waals surface area contributed by atoms with Crippen LogP contribution in [0.2, 0.25) is 0 Å². The van der Waals surface area contributed by atoms with E-state index in [4.69, 9.17) is 22.5 Å². The average molecular weight is 198 g/mol. The van der Waals surface area contributed by atoms with Crippen molar-refractivity contribution in [1.29, 1.82) is 0 Å². The van der Waals surface area contributed by atoms with E-state index < -0.39 is 0 Å². The highest BCUT2D eigenvalue weighted by atomic mass is 32.1. The predicted octanol–water partition coefficient (Wildman–Crippen LogP) is 0.341. The van der Waals surface area contributed by atoms with Gasteiger partial charge in [0.15, 0.2) is 0 Å². The molecule has 0 aliphatic rings. The number of nitrogens with two attached hydrogens (primary N) is 1. The molecule has 0 aliphatic heterocycles. The quantitative estimate of drug-likeness (QED) is 0.276. The molecule has 0 fully saturated rings. The van der Waals surface area contributed by atoms with Crippen LogP contribution in [-0.4, -0.2) is 10.8 Å². The van der Waals surface area contributed by atoms with Gasteiger partial charge in [0.2, 0.25) is 5.11 Å². The summed E-state index contributed by atoms with van der Waals surface area (Å²) in [6.07, 6.45) is 1.58. The van der Waals surface area contributed by atoms with Crippen molar-refractivity contribution < 1.29 is 4.42 Å². The number of hydrazine groups is 1. The molecule has 6 heteroatoms. The van der Waals surface area contributed by atoms with Crippen LogP contribution in [0.1, 0.15) is 12.7 Å². The smallest absolute Gasteiger partial charge is 0.201 e. The van der Waals surface area contributed by atoms with Crippen molar-refractivity contribution in [2.75, 3.05) is 0 Å². The Balaban J connectivity index is 2.57. The van der Waals surface area contributed by atoms with Crippen LogP contribution in [0.5, 0.6) is 0 Å². The number of hydrogen-bond acceptors (Lipinski definition) is 4. The number of rotatable bonds is 2. The molecule has 0 saturated heterocycles. The standard InChI is InChI=1S/C7H10N4OS/c1-5(6-3-2-4-12-6)10-11-7(13)9-8/h2-4H,8H2,1H3,(H2,9,11,13). The third-order valence-electron chi connectivity index (χ3n) is 1.33. The number of thiocarbonyl (C=S) groups is 1. The number of nitrogens with one attached hydrogen (secondary N) is 2. The van der Waals surface area contributed by atoms with Crippen molar-refractivity contribution in [3.63, 3.8) is 0 Å². The highest BCUT2D eigenvalue weighted by Crippen LogP contribution is 2.00. The molecule has 4 N–H and O–H groups in total. The van der Waals surface area contributed by atoms with Crippen molar-refractivity contribution in [2.24, 2.45) is 10.9 Å². The van der Waals surface area contributed by atoms with Gasteiger partial charge in [-0.1, -0.05) is 0 Å². The van der Waals surface area contributed by atoms with Gasteiger partial charge in [0.1, 0.15) is 11.5 Å². The molecule has 0 aromatic carbocycles. The monoisotopic (exact) mass is 198 g/mol. The summed E-state index contributed by atoms with van der Waals surface area (Å²) in [5, 5.41) is 4.18. The highest BCUT2D eigenvalue weighted by molar-refractivity contribution is 7.80. The van der Waals surface area contributed by atoms with E-state index in [2.05, 4.69) is 16.0 Å². The first-order chi connectivity index (χ1) is 6.24. The molecular formula is C7H10N4OS. The van der Waals surface area contributed by atoms with E-state index in [1.807, 2.05) is 0 Å². The minimum absolute atomic E-state index is 0.255. The van der Waals surface area contributed by atoms with Crippen LogP contribution >= 0.6 is 12.2 Å². The van der Waals surface area contributed by atoms with E-state index in [0.29, 0.717) is 11.5 Å². The molecule has 0 aliphatic carbocycles. The molecule has 13 heavy (non-hydrogen) atoms. The topological polar surface area (TPSA) is 75.6 Å². The molecule has 0 saturated carbocycles. The zero-order valence-corrected chi connectivity index (χ0v) is 7.89. The Hall–Kier alpha value is -1.40. The van der Waals surface area contributed by atoms with E-state index in [1.54, 1.807) is 25.3 Å². The Morgan fingerprint density at radius 3 is 3.00 bits per heavy atom. The van der Waals surface area contributed by atoms with Gasteiger partial charge >= 0.3 is 0 Å². The van der Waals surface area contributed by atoms with Gasteiger partial charge in [-0.25, -0.2) is 5.84 Å². The third-order valence-corrected chi connectivity index (χ3v) is 1.54. The fourth-order valence-electron chi connectivity index (χ4n) is 0.706. The Morgan fingerprint density at radius 2 is 2.46 bits per heavy atom. The SMILES string of the molecule is CC(=NNC(=S)NN)c1ccco1. The Kier molecular flexibility index (Phi) is 3.41. The van der Waals surface area contributed by atoms with E-state index >= 15 is 0 Å². The summed E-state index contributed by atoms with van der Waals surface area (Å²) < 4.78 is 5.10. The molecule has 0 atom stereocenters. The molecule has 1 aromatic heterocycles. The van der Waals surface area contributed by atoms with E-state index in [9.17, 15) is 0 Å². The molecule has 0 radical (unpaired) electrons. The summed E-state index contributed by atoms with van der Waals surface area (Å²) in [5.41, 5.74) is 5.49. The number of hydrazone groups is 1. The van der Waals surface area contributed by atoms with Crippen LogP contribution in [0, 0.1) is 0 Å². The molecule has 1 aromatic rings. The molecule has 0 spiro atoms. The molecule has 0 amide bonds. The lowest BCUT2D eigenvalue weighted by Crippen LogP contribution is -2.37. The lowest BCUT2D eigenvalue weighted by Gasteiger charge is -2.01. The van der Waals surface area contributed by atoms with Gasteiger partial charge in [-0.05, 0) is 31.3 Å². The van der Waals surface area contributed by atoms with Crippen LogP contribution in [-0.2, 0) is 0 Å². The zero-order chi connectivity index (χ0) is 9.68. The Bertz CT molecular complexity index is 306. The summed E-state index contributed by atoms with van der Waals surface area (Å²) in [7, 11) is 0. The van der Waals surface area contributed by atoms with Crippen molar-refractivity contribution in [3.05, 3.63) is 24.2 Å². The first-order valence-corrected chi connectivity index (χ1v) is 3.99. The number of furan rings is 1. The Morgan fingerprint density at radius 1 is 1.69 bits per heavy atom. The summed E-state index contributed by atoms with van der Waals surface area (Å²) in [5.74, 6) is 5.72. The van der Waals surface area contributed by atoms with Crippen molar-refractivity contribution in [2.45, 2.75) is 6.92 Å². The highest BCUT2D eigenvalue weighted by Gasteiger charge is 1.99. The van der Waals surface area contributed by atoms with Gasteiger partial charge in [0.05, 0.1) is 6.26 Å². The second-order valence-electron chi connectivity index (χ2n) is 2.26. The number of nitrogens with zero attached hydrogens (tertiary/aromatic N) is 1. The maximum Gasteiger partial charge on any atom is 0.201 e. The molecular weight excluding hydrogens is 188 g/mol. The van der Waals surface area contributed by atoms with Crippen LogP contribution in [0.25, 0.3) is 0 Å². The van der Waals surface area contributed by atoms with E-state index in [1.165, 1.54) is 0 Å². The van der Waals surface area contributed by atoms with Crippen molar-refractivity contribution in [3.8, 4) is 0 Å². The first-order valence-electron chi connectivity index (χ1n) is 3.59. The molecule has 70 valence electrons. The summed E-state index contributed by atoms with van der Waals surface area (Å²) in [6.45, 7) is 1.80. The zero-order valence-electron chi connectivity index (χ0n) is 7.07. The van der Waals surface area contributed by atoms with Gasteiger partial charge in [0.25, 0.3) is 0 Å². The average Bonchev–Trinajstić information content (AvgIpc) is 2.66. The summed E-state index contributed by atoms with van der Waals surface area (Å²) >= 11 is 4.72. The van der Waals surface area contributed by atoms with E-state index in [-0.39, 0.29) is 5.11 Å². The van der Waals surface area contributed by atoms with Crippen LogP contribution in [0.15, 0.2) is 27.9 Å². The maximum atomic E-state index is 5.10. The van der Waals surface area contributed by atoms with Crippen molar-refractivity contribution >= 4 is 23.0 Å². The normalized spacial score (nSPS) is 11.1. The summed E-state index contributed by atoms with van der Waals surface area (Å²) in [6, 6.07) is 3.59. The van der Waals surface area contributed by atoms with Crippen LogP contribution in [0.3, 0.4) is 0 Å². The van der Waals surface area contributed by atoms with Crippen molar-refractivity contribution in [1.82, 2.24) is 10.9 Å². The number of hydrogen-bond donors (Lipinski definition) is 3. The van der Waals surface area contributed by atoms with Gasteiger partial charge in [-0.2, -0.15) is 5.10 Å². The molecule has 1 rings (SSSR count). The molecule has 5 nitrogen and oxygen atoms in total. The fourth-order valence-corrected chi connectivity index (χ4v) is 0.752. The summed E-state index contributed by atoms with van der Waals surface area (Å²) in [4.78, 5) is 0. The van der Waals surface area contributed by atoms with Gasteiger partial charge in [0, 0.05) is 0 Å². The van der Waals surface area contributed by atoms with E-state index in [0.717, 1.165) is 0 Å². The second kappa shape index (κ2) is 4.58. The maximum absolute atomic E-state index is 5.10.